The lowest BCUT2D eigenvalue weighted by Crippen LogP contribution is -2.40. The van der Waals surface area contributed by atoms with Crippen molar-refractivity contribution in [3.05, 3.63) is 52.2 Å². The number of benzene rings is 1. The van der Waals surface area contributed by atoms with Gasteiger partial charge >= 0.3 is 0 Å². The standard InChI is InChI=1S/C16H20N2O3S2/c19-23(20,18-6-8-21-9-7-18)16-3-1-14(2-4-16)11-17-12-15-5-10-22-13-15/h1-5,10,13,17H,6-9,11-12H2. The Hall–Kier alpha value is -1.25. The Labute approximate surface area is 140 Å². The van der Waals surface area contributed by atoms with Gasteiger partial charge in [0, 0.05) is 26.2 Å². The van der Waals surface area contributed by atoms with Crippen molar-refractivity contribution >= 4 is 21.4 Å². The van der Waals surface area contributed by atoms with Crippen LogP contribution in [0.25, 0.3) is 0 Å². The molecule has 0 bridgehead atoms. The lowest BCUT2D eigenvalue weighted by molar-refractivity contribution is 0.0730. The van der Waals surface area contributed by atoms with Gasteiger partial charge in [0.15, 0.2) is 0 Å². The number of rotatable bonds is 6. The number of morpholine rings is 1. The molecule has 0 unspecified atom stereocenters. The van der Waals surface area contributed by atoms with Crippen molar-refractivity contribution in [1.82, 2.24) is 9.62 Å². The van der Waals surface area contributed by atoms with E-state index in [1.54, 1.807) is 23.5 Å². The van der Waals surface area contributed by atoms with E-state index < -0.39 is 10.0 Å². The van der Waals surface area contributed by atoms with Gasteiger partial charge in [0.2, 0.25) is 10.0 Å². The Kier molecular flexibility index (Phi) is 5.45. The zero-order valence-electron chi connectivity index (χ0n) is 12.8. The summed E-state index contributed by atoms with van der Waals surface area (Å²) in [5, 5.41) is 7.53. The van der Waals surface area contributed by atoms with Crippen LogP contribution in [0, 0.1) is 0 Å². The molecule has 2 aromatic rings. The van der Waals surface area contributed by atoms with Gasteiger partial charge in [0.25, 0.3) is 0 Å². The molecular formula is C16H20N2O3S2. The first-order valence-electron chi connectivity index (χ1n) is 7.55. The predicted octanol–water partition coefficient (Wildman–Crippen LogP) is 2.06. The van der Waals surface area contributed by atoms with Gasteiger partial charge in [0.1, 0.15) is 0 Å². The summed E-state index contributed by atoms with van der Waals surface area (Å²) in [5.74, 6) is 0. The number of hydrogen-bond acceptors (Lipinski definition) is 5. The van der Waals surface area contributed by atoms with E-state index in [9.17, 15) is 8.42 Å². The molecule has 0 aliphatic carbocycles. The molecule has 0 atom stereocenters. The minimum Gasteiger partial charge on any atom is -0.379 e. The van der Waals surface area contributed by atoms with E-state index in [0.29, 0.717) is 37.7 Å². The second-order valence-corrected chi connectivity index (χ2v) is 8.11. The van der Waals surface area contributed by atoms with Crippen molar-refractivity contribution in [3.8, 4) is 0 Å². The number of sulfonamides is 1. The highest BCUT2D eigenvalue weighted by Gasteiger charge is 2.25. The molecule has 0 saturated carbocycles. The zero-order chi connectivity index (χ0) is 16.1. The Morgan fingerprint density at radius 1 is 1.04 bits per heavy atom. The maximum absolute atomic E-state index is 12.5. The Bertz CT molecular complexity index is 706. The highest BCUT2D eigenvalue weighted by molar-refractivity contribution is 7.89. The topological polar surface area (TPSA) is 58.6 Å². The first-order valence-corrected chi connectivity index (χ1v) is 9.93. The lowest BCUT2D eigenvalue weighted by atomic mass is 10.2. The minimum absolute atomic E-state index is 0.348. The van der Waals surface area contributed by atoms with E-state index in [0.717, 1.165) is 12.1 Å². The Morgan fingerprint density at radius 3 is 2.39 bits per heavy atom. The van der Waals surface area contributed by atoms with Gasteiger partial charge < -0.3 is 10.1 Å². The molecule has 124 valence electrons. The van der Waals surface area contributed by atoms with Crippen molar-refractivity contribution < 1.29 is 13.2 Å². The Morgan fingerprint density at radius 2 is 1.74 bits per heavy atom. The second-order valence-electron chi connectivity index (χ2n) is 5.40. The van der Waals surface area contributed by atoms with Crippen molar-refractivity contribution in [2.75, 3.05) is 26.3 Å². The van der Waals surface area contributed by atoms with Crippen LogP contribution in [-0.2, 0) is 27.8 Å². The molecule has 0 radical (unpaired) electrons. The van der Waals surface area contributed by atoms with Gasteiger partial charge in [-0.2, -0.15) is 15.6 Å². The average Bonchev–Trinajstić information content (AvgIpc) is 3.10. The molecule has 3 rings (SSSR count). The number of hydrogen-bond donors (Lipinski definition) is 1. The molecule has 2 heterocycles. The summed E-state index contributed by atoms with van der Waals surface area (Å²) >= 11 is 1.68. The number of thiophene rings is 1. The molecule has 7 heteroatoms. The molecule has 1 aromatic carbocycles. The van der Waals surface area contributed by atoms with E-state index in [4.69, 9.17) is 4.74 Å². The monoisotopic (exact) mass is 352 g/mol. The summed E-state index contributed by atoms with van der Waals surface area (Å²) in [5.41, 5.74) is 2.34. The SMILES string of the molecule is O=S(=O)(c1ccc(CNCc2ccsc2)cc1)N1CCOCC1. The van der Waals surface area contributed by atoms with Gasteiger partial charge in [-0.25, -0.2) is 8.42 Å². The maximum atomic E-state index is 12.5. The minimum atomic E-state index is -3.40. The van der Waals surface area contributed by atoms with Gasteiger partial charge in [-0.1, -0.05) is 12.1 Å². The van der Waals surface area contributed by atoms with Crippen LogP contribution in [-0.4, -0.2) is 39.0 Å². The first-order chi connectivity index (χ1) is 11.2. The van der Waals surface area contributed by atoms with Crippen LogP contribution in [0.1, 0.15) is 11.1 Å². The number of nitrogens with zero attached hydrogens (tertiary/aromatic N) is 1. The van der Waals surface area contributed by atoms with E-state index in [1.807, 2.05) is 12.1 Å². The molecule has 1 fully saturated rings. The third-order valence-corrected chi connectivity index (χ3v) is 6.41. The summed E-state index contributed by atoms with van der Waals surface area (Å²) in [6.07, 6.45) is 0. The summed E-state index contributed by atoms with van der Waals surface area (Å²) in [6, 6.07) is 9.20. The smallest absolute Gasteiger partial charge is 0.243 e. The summed E-state index contributed by atoms with van der Waals surface area (Å²) in [7, 11) is -3.40. The van der Waals surface area contributed by atoms with E-state index >= 15 is 0 Å². The molecule has 0 amide bonds. The van der Waals surface area contributed by atoms with Crippen molar-refractivity contribution in [2.24, 2.45) is 0 Å². The quantitative estimate of drug-likeness (QED) is 0.865. The van der Waals surface area contributed by atoms with Crippen molar-refractivity contribution in [3.63, 3.8) is 0 Å². The van der Waals surface area contributed by atoms with Gasteiger partial charge in [-0.15, -0.1) is 0 Å². The predicted molar refractivity (Wildman–Crippen MR) is 90.9 cm³/mol. The van der Waals surface area contributed by atoms with Crippen molar-refractivity contribution in [2.45, 2.75) is 18.0 Å². The third-order valence-electron chi connectivity index (χ3n) is 3.77. The molecule has 23 heavy (non-hydrogen) atoms. The van der Waals surface area contributed by atoms with E-state index in [2.05, 4.69) is 22.1 Å². The van der Waals surface area contributed by atoms with Crippen LogP contribution >= 0.6 is 11.3 Å². The average molecular weight is 352 g/mol. The van der Waals surface area contributed by atoms with Gasteiger partial charge in [0.05, 0.1) is 18.1 Å². The summed E-state index contributed by atoms with van der Waals surface area (Å²) < 4.78 is 31.7. The largest absolute Gasteiger partial charge is 0.379 e. The van der Waals surface area contributed by atoms with Crippen LogP contribution in [0.5, 0.6) is 0 Å². The molecule has 1 saturated heterocycles. The summed E-state index contributed by atoms with van der Waals surface area (Å²) in [4.78, 5) is 0.348. The van der Waals surface area contributed by atoms with Crippen LogP contribution in [0.3, 0.4) is 0 Å². The van der Waals surface area contributed by atoms with Crippen LogP contribution in [0.4, 0.5) is 0 Å². The van der Waals surface area contributed by atoms with E-state index in [-0.39, 0.29) is 0 Å². The molecule has 5 nitrogen and oxygen atoms in total. The first kappa shape index (κ1) is 16.6. The van der Waals surface area contributed by atoms with Crippen LogP contribution < -0.4 is 5.32 Å². The fraction of sp³-hybridized carbons (Fsp3) is 0.375. The number of ether oxygens (including phenoxy) is 1. The maximum Gasteiger partial charge on any atom is 0.243 e. The van der Waals surface area contributed by atoms with Gasteiger partial charge in [-0.05, 0) is 40.1 Å². The molecular weight excluding hydrogens is 332 g/mol. The third kappa shape index (κ3) is 4.19. The second kappa shape index (κ2) is 7.55. The fourth-order valence-corrected chi connectivity index (χ4v) is 4.54. The molecule has 0 spiro atoms. The lowest BCUT2D eigenvalue weighted by Gasteiger charge is -2.26. The highest BCUT2D eigenvalue weighted by Crippen LogP contribution is 2.17. The fourth-order valence-electron chi connectivity index (χ4n) is 2.46. The van der Waals surface area contributed by atoms with Crippen molar-refractivity contribution in [1.29, 1.82) is 0 Å². The molecule has 1 aliphatic rings. The summed E-state index contributed by atoms with van der Waals surface area (Å²) in [6.45, 7) is 3.30. The number of nitrogens with one attached hydrogen (secondary N) is 1. The molecule has 1 N–H and O–H groups in total. The highest BCUT2D eigenvalue weighted by atomic mass is 32.2. The zero-order valence-corrected chi connectivity index (χ0v) is 14.4. The van der Waals surface area contributed by atoms with E-state index in [1.165, 1.54) is 9.87 Å². The molecule has 1 aliphatic heterocycles. The van der Waals surface area contributed by atoms with Crippen LogP contribution in [0.2, 0.25) is 0 Å². The molecule has 1 aromatic heterocycles. The Balaban J connectivity index is 1.59. The van der Waals surface area contributed by atoms with Gasteiger partial charge in [-0.3, -0.25) is 0 Å². The normalized spacial score (nSPS) is 16.5. The van der Waals surface area contributed by atoms with Crippen LogP contribution in [0.15, 0.2) is 46.0 Å².